The molecule has 1 aliphatic rings. The Balaban J connectivity index is 1.44. The van der Waals surface area contributed by atoms with Crippen LogP contribution in [0.4, 0.5) is 5.13 Å². The van der Waals surface area contributed by atoms with Crippen molar-refractivity contribution in [2.24, 2.45) is 0 Å². The van der Waals surface area contributed by atoms with Crippen molar-refractivity contribution >= 4 is 42.9 Å². The highest BCUT2D eigenvalue weighted by Crippen LogP contribution is 2.36. The van der Waals surface area contributed by atoms with Gasteiger partial charge in [0.25, 0.3) is 0 Å². The number of nitrogens with one attached hydrogen (secondary N) is 1. The molecule has 6 nitrogen and oxygen atoms in total. The van der Waals surface area contributed by atoms with E-state index in [2.05, 4.69) is 15.4 Å². The predicted molar refractivity (Wildman–Crippen MR) is 106 cm³/mol. The van der Waals surface area contributed by atoms with Crippen LogP contribution in [-0.4, -0.2) is 28.8 Å². The number of rotatable bonds is 3. The molecule has 0 spiro atoms. The topological polar surface area (TPSA) is 76.4 Å². The van der Waals surface area contributed by atoms with E-state index < -0.39 is 9.84 Å². The molecule has 0 bridgehead atoms. The largest absolute Gasteiger partial charge is 0.352 e. The summed E-state index contributed by atoms with van der Waals surface area (Å²) in [7, 11) is -3.26. The second kappa shape index (κ2) is 6.05. The van der Waals surface area contributed by atoms with Crippen LogP contribution in [0.15, 0.2) is 59.6 Å². The molecule has 1 unspecified atom stereocenters. The lowest BCUT2D eigenvalue weighted by atomic mass is 10.1. The molecule has 5 rings (SSSR count). The lowest BCUT2D eigenvalue weighted by Crippen LogP contribution is -2.12. The summed E-state index contributed by atoms with van der Waals surface area (Å²) in [6, 6.07) is 14.2. The van der Waals surface area contributed by atoms with Crippen molar-refractivity contribution in [2.45, 2.75) is 10.9 Å². The fourth-order valence-electron chi connectivity index (χ4n) is 3.24. The van der Waals surface area contributed by atoms with Crippen molar-refractivity contribution in [2.75, 3.05) is 11.1 Å². The Hall–Kier alpha value is -2.42. The standard InChI is InChI=1S/C18H13ClN4O2S2/c19-12-7-5-11(6-8-12)14-9-23-18(21-14)26-17(22-23)20-15-10-27(24,25)16-4-2-1-3-13(15)16/h1-9,15H,10H2,(H,20,22). The SMILES string of the molecule is O=S1(=O)CC(Nc2nn3cc(-c4ccc(Cl)cc4)nc3s2)c2ccccc21. The Bertz CT molecular complexity index is 1230. The lowest BCUT2D eigenvalue weighted by Gasteiger charge is -2.10. The Kier molecular flexibility index (Phi) is 3.75. The van der Waals surface area contributed by atoms with Gasteiger partial charge in [0.05, 0.1) is 28.6 Å². The number of nitrogens with zero attached hydrogens (tertiary/aromatic N) is 3. The number of imidazole rings is 1. The normalized spacial score (nSPS) is 17.9. The third-order valence-corrected chi connectivity index (χ3v) is 7.42. The first-order valence-electron chi connectivity index (χ1n) is 8.20. The molecule has 2 aromatic heterocycles. The molecule has 9 heteroatoms. The van der Waals surface area contributed by atoms with Gasteiger partial charge in [-0.25, -0.2) is 17.9 Å². The molecule has 2 aromatic carbocycles. The smallest absolute Gasteiger partial charge is 0.214 e. The van der Waals surface area contributed by atoms with Crippen LogP contribution in [0.3, 0.4) is 0 Å². The molecule has 3 heterocycles. The first-order valence-corrected chi connectivity index (χ1v) is 11.0. The number of sulfone groups is 1. The van der Waals surface area contributed by atoms with E-state index in [0.29, 0.717) is 15.0 Å². The van der Waals surface area contributed by atoms with Gasteiger partial charge >= 0.3 is 0 Å². The van der Waals surface area contributed by atoms with Gasteiger partial charge in [0.1, 0.15) is 0 Å². The Morgan fingerprint density at radius 1 is 1.15 bits per heavy atom. The fraction of sp³-hybridized carbons (Fsp3) is 0.111. The minimum absolute atomic E-state index is 0.0320. The molecule has 4 aromatic rings. The van der Waals surface area contributed by atoms with E-state index in [9.17, 15) is 8.42 Å². The highest BCUT2D eigenvalue weighted by Gasteiger charge is 2.34. The van der Waals surface area contributed by atoms with Gasteiger partial charge in [0.2, 0.25) is 10.1 Å². The Labute approximate surface area is 164 Å². The van der Waals surface area contributed by atoms with Crippen molar-refractivity contribution < 1.29 is 8.42 Å². The van der Waals surface area contributed by atoms with Gasteiger partial charge in [-0.2, -0.15) is 0 Å². The van der Waals surface area contributed by atoms with Crippen molar-refractivity contribution in [1.29, 1.82) is 0 Å². The minimum atomic E-state index is -3.26. The van der Waals surface area contributed by atoms with Gasteiger partial charge in [-0.05, 0) is 23.8 Å². The molecule has 1 N–H and O–H groups in total. The van der Waals surface area contributed by atoms with E-state index in [0.717, 1.165) is 21.8 Å². The molecular formula is C18H13ClN4O2S2. The maximum Gasteiger partial charge on any atom is 0.214 e. The van der Waals surface area contributed by atoms with E-state index in [1.165, 1.54) is 11.3 Å². The quantitative estimate of drug-likeness (QED) is 0.545. The molecule has 136 valence electrons. The molecule has 0 radical (unpaired) electrons. The third-order valence-electron chi connectivity index (χ3n) is 4.50. The lowest BCUT2D eigenvalue weighted by molar-refractivity contribution is 0.598. The molecule has 27 heavy (non-hydrogen) atoms. The number of hydrogen-bond donors (Lipinski definition) is 1. The highest BCUT2D eigenvalue weighted by molar-refractivity contribution is 7.91. The van der Waals surface area contributed by atoms with Gasteiger partial charge < -0.3 is 5.32 Å². The van der Waals surface area contributed by atoms with Crippen molar-refractivity contribution in [1.82, 2.24) is 14.6 Å². The summed E-state index contributed by atoms with van der Waals surface area (Å²) in [6.45, 7) is 0. The zero-order chi connectivity index (χ0) is 18.6. The summed E-state index contributed by atoms with van der Waals surface area (Å²) in [5.74, 6) is 0.0320. The highest BCUT2D eigenvalue weighted by atomic mass is 35.5. The van der Waals surface area contributed by atoms with Crippen LogP contribution in [0.25, 0.3) is 16.2 Å². The molecule has 1 aliphatic heterocycles. The molecular weight excluding hydrogens is 404 g/mol. The summed E-state index contributed by atoms with van der Waals surface area (Å²) in [5, 5.41) is 9.06. The third kappa shape index (κ3) is 2.90. The van der Waals surface area contributed by atoms with Crippen LogP contribution in [0.1, 0.15) is 11.6 Å². The first-order chi connectivity index (χ1) is 13.0. The second-order valence-electron chi connectivity index (χ2n) is 6.28. The van der Waals surface area contributed by atoms with Gasteiger partial charge in [0, 0.05) is 10.6 Å². The number of benzene rings is 2. The maximum atomic E-state index is 12.3. The molecule has 0 aliphatic carbocycles. The molecule has 0 amide bonds. The number of anilines is 1. The average molecular weight is 417 g/mol. The first kappa shape index (κ1) is 16.7. The summed E-state index contributed by atoms with van der Waals surface area (Å²) in [6.07, 6.45) is 1.85. The zero-order valence-corrected chi connectivity index (χ0v) is 16.2. The van der Waals surface area contributed by atoms with E-state index in [4.69, 9.17) is 11.6 Å². The summed E-state index contributed by atoms with van der Waals surface area (Å²) >= 11 is 7.31. The minimum Gasteiger partial charge on any atom is -0.352 e. The maximum absolute atomic E-state index is 12.3. The van der Waals surface area contributed by atoms with Crippen LogP contribution in [-0.2, 0) is 9.84 Å². The van der Waals surface area contributed by atoms with Crippen molar-refractivity contribution in [3.05, 3.63) is 65.3 Å². The number of fused-ring (bicyclic) bond motifs is 2. The van der Waals surface area contributed by atoms with Crippen molar-refractivity contribution in [3.63, 3.8) is 0 Å². The van der Waals surface area contributed by atoms with Crippen LogP contribution in [0.2, 0.25) is 5.02 Å². The molecule has 0 saturated carbocycles. The van der Waals surface area contributed by atoms with E-state index >= 15 is 0 Å². The molecule has 0 saturated heterocycles. The van der Waals surface area contributed by atoms with E-state index in [1.54, 1.807) is 16.6 Å². The Morgan fingerprint density at radius 3 is 2.70 bits per heavy atom. The average Bonchev–Trinajstić information content (AvgIpc) is 3.27. The predicted octanol–water partition coefficient (Wildman–Crippen LogP) is 4.05. The number of aromatic nitrogens is 3. The zero-order valence-electron chi connectivity index (χ0n) is 13.8. The van der Waals surface area contributed by atoms with Crippen LogP contribution in [0.5, 0.6) is 0 Å². The van der Waals surface area contributed by atoms with Gasteiger partial charge in [0.15, 0.2) is 9.84 Å². The van der Waals surface area contributed by atoms with E-state index in [1.807, 2.05) is 42.6 Å². The second-order valence-corrected chi connectivity index (χ2v) is 9.68. The Morgan fingerprint density at radius 2 is 1.93 bits per heavy atom. The fourth-order valence-corrected chi connectivity index (χ4v) is 5.93. The van der Waals surface area contributed by atoms with Crippen molar-refractivity contribution in [3.8, 4) is 11.3 Å². The summed E-state index contributed by atoms with van der Waals surface area (Å²) in [4.78, 5) is 5.73. The van der Waals surface area contributed by atoms with Crippen LogP contribution >= 0.6 is 22.9 Å². The van der Waals surface area contributed by atoms with Gasteiger partial charge in [-0.15, -0.1) is 5.10 Å². The van der Waals surface area contributed by atoms with Gasteiger partial charge in [-0.1, -0.05) is 53.3 Å². The van der Waals surface area contributed by atoms with Gasteiger partial charge in [-0.3, -0.25) is 0 Å². The summed E-state index contributed by atoms with van der Waals surface area (Å²) in [5.41, 5.74) is 2.56. The van der Waals surface area contributed by atoms with Crippen LogP contribution < -0.4 is 5.32 Å². The monoisotopic (exact) mass is 416 g/mol. The van der Waals surface area contributed by atoms with E-state index in [-0.39, 0.29) is 11.8 Å². The van der Waals surface area contributed by atoms with Crippen LogP contribution in [0, 0.1) is 0 Å². The number of hydrogen-bond acceptors (Lipinski definition) is 6. The summed E-state index contributed by atoms with van der Waals surface area (Å²) < 4.78 is 26.3. The number of halogens is 1. The molecule has 1 atom stereocenters. The molecule has 0 fully saturated rings.